The van der Waals surface area contributed by atoms with Gasteiger partial charge in [-0.15, -0.1) is 0 Å². The highest BCUT2D eigenvalue weighted by Crippen LogP contribution is 2.49. The van der Waals surface area contributed by atoms with Crippen LogP contribution >= 0.6 is 7.60 Å². The molecule has 0 saturated carbocycles. The average molecular weight is 431 g/mol. The molecule has 29 heavy (non-hydrogen) atoms. The second-order valence-electron chi connectivity index (χ2n) is 7.34. The average Bonchev–Trinajstić information content (AvgIpc) is 3.12. The highest BCUT2D eigenvalue weighted by atomic mass is 31.2. The summed E-state index contributed by atoms with van der Waals surface area (Å²) in [5.41, 5.74) is 0.555. The van der Waals surface area contributed by atoms with Crippen molar-refractivity contribution in [3.05, 3.63) is 28.4 Å². The summed E-state index contributed by atoms with van der Waals surface area (Å²) in [5.74, 6) is -1.51. The van der Waals surface area contributed by atoms with Crippen molar-refractivity contribution in [3.8, 4) is 0 Å². The van der Waals surface area contributed by atoms with E-state index in [9.17, 15) is 29.6 Å². The van der Waals surface area contributed by atoms with E-state index in [4.69, 9.17) is 9.26 Å². The number of hydrogen-bond donors (Lipinski definition) is 5. The molecule has 3 unspecified atom stereocenters. The second-order valence-corrected chi connectivity index (χ2v) is 9.27. The molecule has 0 amide bonds. The van der Waals surface area contributed by atoms with Crippen molar-refractivity contribution in [2.24, 2.45) is 0 Å². The van der Waals surface area contributed by atoms with Crippen LogP contribution in [0.3, 0.4) is 0 Å². The van der Waals surface area contributed by atoms with Crippen molar-refractivity contribution >= 4 is 18.6 Å². The maximum absolute atomic E-state index is 12.3. The Kier molecular flexibility index (Phi) is 6.30. The first-order valence-electron chi connectivity index (χ1n) is 9.32. The van der Waals surface area contributed by atoms with E-state index in [2.05, 4.69) is 9.97 Å². The standard InChI is InChI=1S/C17H26N3O8P/c1-4-12(21)29(25,26)28-9(3)6-11-13(22)14(23)16(27-11)20-7-10-5-8(2)18-15(10)19-17(20)24/h5,7,9,11-14,16,21-23H,4,6H2,1-3H3,(H,25,26)(H,18,19,24)/t9?,11-,12?,13-,14-,16-/m1/s1. The van der Waals surface area contributed by atoms with Crippen molar-refractivity contribution in [2.45, 2.75) is 70.1 Å². The maximum Gasteiger partial charge on any atom is 0.356 e. The van der Waals surface area contributed by atoms with Crippen molar-refractivity contribution in [1.29, 1.82) is 0 Å². The van der Waals surface area contributed by atoms with Gasteiger partial charge in [-0.2, -0.15) is 4.98 Å². The number of rotatable bonds is 7. The zero-order valence-electron chi connectivity index (χ0n) is 16.3. The molecule has 0 radical (unpaired) electrons. The van der Waals surface area contributed by atoms with Gasteiger partial charge >= 0.3 is 13.3 Å². The Morgan fingerprint density at radius 3 is 2.76 bits per heavy atom. The minimum atomic E-state index is -4.25. The Balaban J connectivity index is 1.76. The van der Waals surface area contributed by atoms with Crippen LogP contribution < -0.4 is 5.69 Å². The highest BCUT2D eigenvalue weighted by Gasteiger charge is 2.45. The maximum atomic E-state index is 12.3. The van der Waals surface area contributed by atoms with Crippen LogP contribution in [-0.4, -0.2) is 65.0 Å². The molecule has 0 spiro atoms. The zero-order chi connectivity index (χ0) is 21.5. The van der Waals surface area contributed by atoms with E-state index in [1.807, 2.05) is 6.92 Å². The number of aromatic amines is 1. The van der Waals surface area contributed by atoms with Gasteiger partial charge in [0.1, 0.15) is 17.9 Å². The minimum Gasteiger partial charge on any atom is -0.388 e. The lowest BCUT2D eigenvalue weighted by molar-refractivity contribution is -0.0501. The van der Waals surface area contributed by atoms with Crippen LogP contribution in [0.15, 0.2) is 17.1 Å². The molecule has 1 saturated heterocycles. The van der Waals surface area contributed by atoms with Crippen molar-refractivity contribution < 1.29 is 34.0 Å². The molecule has 2 aromatic rings. The number of hydrogen-bond acceptors (Lipinski definition) is 8. The SMILES string of the molecule is CCC(O)P(=O)(O)OC(C)C[C@H]1O[C@@H](n2cc3cc(C)[nH]c3nc2=O)[C@H](O)[C@@H]1O. The Morgan fingerprint density at radius 1 is 1.41 bits per heavy atom. The van der Waals surface area contributed by atoms with Gasteiger partial charge in [-0.1, -0.05) is 6.92 Å². The zero-order valence-corrected chi connectivity index (χ0v) is 17.2. The normalized spacial score (nSPS) is 29.1. The number of fused-ring (bicyclic) bond motifs is 1. The Bertz CT molecular complexity index is 975. The first-order chi connectivity index (χ1) is 13.5. The lowest BCUT2D eigenvalue weighted by Crippen LogP contribution is -2.36. The molecule has 3 heterocycles. The number of ether oxygens (including phenoxy) is 1. The number of aryl methyl sites for hydroxylation is 1. The molecule has 1 fully saturated rings. The lowest BCUT2D eigenvalue weighted by atomic mass is 10.1. The Hall–Kier alpha value is -1.59. The summed E-state index contributed by atoms with van der Waals surface area (Å²) in [5, 5.41) is 31.0. The fourth-order valence-corrected chi connectivity index (χ4v) is 4.61. The van der Waals surface area contributed by atoms with Gasteiger partial charge in [0.25, 0.3) is 0 Å². The van der Waals surface area contributed by atoms with Gasteiger partial charge in [-0.3, -0.25) is 9.13 Å². The van der Waals surface area contributed by atoms with Crippen molar-refractivity contribution in [1.82, 2.24) is 14.5 Å². The van der Waals surface area contributed by atoms with Crippen LogP contribution in [0, 0.1) is 6.92 Å². The predicted molar refractivity (Wildman–Crippen MR) is 102 cm³/mol. The van der Waals surface area contributed by atoms with Crippen LogP contribution in [0.2, 0.25) is 0 Å². The fraction of sp³-hybridized carbons (Fsp3) is 0.647. The molecular formula is C17H26N3O8P. The van der Waals surface area contributed by atoms with Crippen molar-refractivity contribution in [3.63, 3.8) is 0 Å². The minimum absolute atomic E-state index is 0.0383. The fourth-order valence-electron chi connectivity index (χ4n) is 3.41. The summed E-state index contributed by atoms with van der Waals surface area (Å²) in [6.45, 7) is 4.85. The number of H-pyrrole nitrogens is 1. The molecule has 5 N–H and O–H groups in total. The van der Waals surface area contributed by atoms with Crippen LogP contribution in [-0.2, 0) is 13.8 Å². The molecule has 0 aliphatic carbocycles. The number of nitrogens with zero attached hydrogens (tertiary/aromatic N) is 2. The van der Waals surface area contributed by atoms with Crippen molar-refractivity contribution in [2.75, 3.05) is 0 Å². The molecule has 11 nitrogen and oxygen atoms in total. The molecule has 0 aromatic carbocycles. The smallest absolute Gasteiger partial charge is 0.356 e. The number of aliphatic hydroxyl groups is 3. The number of nitrogens with one attached hydrogen (secondary N) is 1. The predicted octanol–water partition coefficient (Wildman–Crippen LogP) is 0.361. The highest BCUT2D eigenvalue weighted by molar-refractivity contribution is 7.53. The van der Waals surface area contributed by atoms with E-state index in [0.717, 1.165) is 10.3 Å². The van der Waals surface area contributed by atoms with Gasteiger partial charge in [0.05, 0.1) is 12.2 Å². The molecule has 0 bridgehead atoms. The summed E-state index contributed by atoms with van der Waals surface area (Å²) >= 11 is 0. The Morgan fingerprint density at radius 2 is 2.10 bits per heavy atom. The van der Waals surface area contributed by atoms with Gasteiger partial charge in [0.2, 0.25) is 0 Å². The largest absolute Gasteiger partial charge is 0.388 e. The molecule has 12 heteroatoms. The molecule has 1 aliphatic rings. The number of aliphatic hydroxyl groups excluding tert-OH is 3. The third-order valence-corrected chi connectivity index (χ3v) is 6.70. The van der Waals surface area contributed by atoms with E-state index >= 15 is 0 Å². The van der Waals surface area contributed by atoms with E-state index in [1.54, 1.807) is 13.0 Å². The van der Waals surface area contributed by atoms with Crippen LogP contribution in [0.4, 0.5) is 0 Å². The first kappa shape index (κ1) is 22.1. The van der Waals surface area contributed by atoms with Gasteiger partial charge in [-0.25, -0.2) is 4.79 Å². The molecular weight excluding hydrogens is 405 g/mol. The molecule has 7 atom stereocenters. The van der Waals surface area contributed by atoms with Crippen LogP contribution in [0.1, 0.15) is 38.6 Å². The van der Waals surface area contributed by atoms with Crippen LogP contribution in [0.25, 0.3) is 11.0 Å². The van der Waals surface area contributed by atoms with E-state index in [-0.39, 0.29) is 12.8 Å². The summed E-state index contributed by atoms with van der Waals surface area (Å²) < 4.78 is 23.9. The quantitative estimate of drug-likeness (QED) is 0.389. The van der Waals surface area contributed by atoms with Gasteiger partial charge in [-0.05, 0) is 26.3 Å². The van der Waals surface area contributed by atoms with Gasteiger partial charge < -0.3 is 34.5 Å². The summed E-state index contributed by atoms with van der Waals surface area (Å²) in [4.78, 5) is 29.0. The summed E-state index contributed by atoms with van der Waals surface area (Å²) in [6, 6.07) is 1.78. The second kappa shape index (κ2) is 8.27. The van der Waals surface area contributed by atoms with Crippen LogP contribution in [0.5, 0.6) is 0 Å². The topological polar surface area (TPSA) is 167 Å². The van der Waals surface area contributed by atoms with E-state index < -0.39 is 49.8 Å². The number of aromatic nitrogens is 3. The third kappa shape index (κ3) is 4.46. The molecule has 2 aromatic heterocycles. The molecule has 3 rings (SSSR count). The van der Waals surface area contributed by atoms with Gasteiger partial charge in [0.15, 0.2) is 12.1 Å². The lowest BCUT2D eigenvalue weighted by Gasteiger charge is -2.24. The third-order valence-electron chi connectivity index (χ3n) is 4.92. The molecule has 1 aliphatic heterocycles. The summed E-state index contributed by atoms with van der Waals surface area (Å²) in [6.07, 6.45) is -4.27. The monoisotopic (exact) mass is 431 g/mol. The van der Waals surface area contributed by atoms with Gasteiger partial charge in [0, 0.05) is 23.7 Å². The van der Waals surface area contributed by atoms with E-state index in [1.165, 1.54) is 13.1 Å². The summed E-state index contributed by atoms with van der Waals surface area (Å²) in [7, 11) is -4.25. The molecule has 162 valence electrons. The first-order valence-corrected chi connectivity index (χ1v) is 11.0. The van der Waals surface area contributed by atoms with E-state index in [0.29, 0.717) is 11.0 Å². The Labute approximate surface area is 166 Å².